The zero-order valence-corrected chi connectivity index (χ0v) is 15.7. The second-order valence-electron chi connectivity index (χ2n) is 6.89. The molecule has 0 spiro atoms. The van der Waals surface area contributed by atoms with E-state index in [1.165, 1.54) is 0 Å². The second kappa shape index (κ2) is 8.77. The molecule has 0 aliphatic carbocycles. The summed E-state index contributed by atoms with van der Waals surface area (Å²) in [4.78, 5) is 11.5. The molecule has 2 fully saturated rings. The van der Waals surface area contributed by atoms with Crippen LogP contribution in [0.5, 0.6) is 5.88 Å². The predicted octanol–water partition coefficient (Wildman–Crippen LogP) is 2.47. The summed E-state index contributed by atoms with van der Waals surface area (Å²) < 4.78 is 21.9. The van der Waals surface area contributed by atoms with Crippen molar-refractivity contribution in [3.63, 3.8) is 0 Å². The van der Waals surface area contributed by atoms with E-state index in [1.54, 1.807) is 13.3 Å². The first-order valence-electron chi connectivity index (χ1n) is 9.61. The molecule has 27 heavy (non-hydrogen) atoms. The highest BCUT2D eigenvalue weighted by atomic mass is 16.5. The summed E-state index contributed by atoms with van der Waals surface area (Å²) in [5, 5.41) is 4.21. The summed E-state index contributed by atoms with van der Waals surface area (Å²) in [6.07, 6.45) is 6.02. The summed E-state index contributed by atoms with van der Waals surface area (Å²) in [5.74, 6) is 1.69. The van der Waals surface area contributed by atoms with E-state index in [2.05, 4.69) is 15.0 Å². The van der Waals surface area contributed by atoms with Gasteiger partial charge in [0.05, 0.1) is 18.2 Å². The van der Waals surface area contributed by atoms with E-state index in [0.717, 1.165) is 51.0 Å². The van der Waals surface area contributed by atoms with Gasteiger partial charge in [-0.05, 0) is 44.4 Å². The molecule has 8 nitrogen and oxygen atoms in total. The van der Waals surface area contributed by atoms with Crippen LogP contribution in [0.2, 0.25) is 0 Å². The van der Waals surface area contributed by atoms with Crippen molar-refractivity contribution in [1.82, 2.24) is 20.0 Å². The molecule has 0 N–H and O–H groups in total. The number of rotatable bonds is 7. The van der Waals surface area contributed by atoms with Gasteiger partial charge in [-0.3, -0.25) is 4.90 Å². The molecule has 2 aromatic rings. The van der Waals surface area contributed by atoms with Crippen molar-refractivity contribution in [3.8, 4) is 17.3 Å². The molecule has 0 aromatic carbocycles. The molecule has 4 rings (SSSR count). The highest BCUT2D eigenvalue weighted by Gasteiger charge is 2.36. The van der Waals surface area contributed by atoms with Crippen molar-refractivity contribution < 1.29 is 18.7 Å². The molecule has 8 heteroatoms. The summed E-state index contributed by atoms with van der Waals surface area (Å²) in [6.45, 7) is 3.66. The minimum absolute atomic E-state index is 0.184. The lowest BCUT2D eigenvalue weighted by Crippen LogP contribution is -2.39. The van der Waals surface area contributed by atoms with Crippen LogP contribution in [-0.4, -0.2) is 66.1 Å². The van der Waals surface area contributed by atoms with Gasteiger partial charge in [0.2, 0.25) is 17.6 Å². The van der Waals surface area contributed by atoms with E-state index < -0.39 is 0 Å². The Morgan fingerprint density at radius 3 is 2.96 bits per heavy atom. The van der Waals surface area contributed by atoms with Crippen LogP contribution in [0.15, 0.2) is 22.9 Å². The summed E-state index contributed by atoms with van der Waals surface area (Å²) in [5.41, 5.74) is 0.735. The minimum Gasteiger partial charge on any atom is -0.475 e. The number of aromatic nitrogens is 3. The molecule has 2 aromatic heterocycles. The largest absolute Gasteiger partial charge is 0.475 e. The molecule has 0 amide bonds. The highest BCUT2D eigenvalue weighted by Crippen LogP contribution is 2.36. The Hall–Kier alpha value is -2.03. The van der Waals surface area contributed by atoms with Crippen LogP contribution >= 0.6 is 0 Å². The topological polar surface area (TPSA) is 82.7 Å². The van der Waals surface area contributed by atoms with E-state index >= 15 is 0 Å². The summed E-state index contributed by atoms with van der Waals surface area (Å²) in [7, 11) is 1.64. The molecule has 1 atom stereocenters. The lowest BCUT2D eigenvalue weighted by atomic mass is 10.1. The van der Waals surface area contributed by atoms with Crippen LogP contribution in [0, 0.1) is 0 Å². The molecular weight excluding hydrogens is 348 g/mol. The average Bonchev–Trinajstić information content (AvgIpc) is 3.39. The first kappa shape index (κ1) is 18.3. The van der Waals surface area contributed by atoms with Gasteiger partial charge in [-0.25, -0.2) is 4.98 Å². The van der Waals surface area contributed by atoms with Crippen molar-refractivity contribution in [2.75, 3.05) is 40.1 Å². The van der Waals surface area contributed by atoms with Gasteiger partial charge in [0.1, 0.15) is 6.61 Å². The van der Waals surface area contributed by atoms with Gasteiger partial charge >= 0.3 is 0 Å². The summed E-state index contributed by atoms with van der Waals surface area (Å²) in [6, 6.07) is 4.46. The van der Waals surface area contributed by atoms with Gasteiger partial charge < -0.3 is 18.7 Å². The van der Waals surface area contributed by atoms with E-state index in [4.69, 9.17) is 23.7 Å². The van der Waals surface area contributed by atoms with Crippen LogP contribution < -0.4 is 4.74 Å². The van der Waals surface area contributed by atoms with Gasteiger partial charge in [-0.2, -0.15) is 4.98 Å². The Morgan fingerprint density at radius 2 is 2.11 bits per heavy atom. The third kappa shape index (κ3) is 4.12. The number of hydrogen-bond donors (Lipinski definition) is 0. The third-order valence-corrected chi connectivity index (χ3v) is 5.22. The molecule has 0 bridgehead atoms. The maximum absolute atomic E-state index is 5.70. The Bertz CT molecular complexity index is 732. The minimum atomic E-state index is 0.184. The monoisotopic (exact) mass is 374 g/mol. The number of hydrogen-bond acceptors (Lipinski definition) is 8. The molecule has 0 saturated carbocycles. The van der Waals surface area contributed by atoms with Gasteiger partial charge in [-0.15, -0.1) is 0 Å². The maximum Gasteiger partial charge on any atom is 0.244 e. The molecule has 0 radical (unpaired) electrons. The molecule has 2 aliphatic rings. The van der Waals surface area contributed by atoms with Gasteiger partial charge in [0.15, 0.2) is 0 Å². The molecule has 4 heterocycles. The van der Waals surface area contributed by atoms with Crippen molar-refractivity contribution in [2.24, 2.45) is 0 Å². The standard InChI is InChI=1S/C19H26N4O4/c1-24-12-13-26-18-15(4-2-8-20-18)17-21-19(27-22-17)16-5-3-9-23(16)14-6-10-25-11-7-14/h2,4,8,14,16H,3,5-7,9-13H2,1H3. The quantitative estimate of drug-likeness (QED) is 0.684. The van der Waals surface area contributed by atoms with Crippen molar-refractivity contribution in [1.29, 1.82) is 0 Å². The van der Waals surface area contributed by atoms with Gasteiger partial charge in [0.25, 0.3) is 0 Å². The number of pyridine rings is 1. The number of ether oxygens (including phenoxy) is 3. The van der Waals surface area contributed by atoms with Crippen LogP contribution in [0.25, 0.3) is 11.4 Å². The third-order valence-electron chi connectivity index (χ3n) is 5.22. The first-order chi connectivity index (χ1) is 13.4. The molecular formula is C19H26N4O4. The Labute approximate surface area is 158 Å². The predicted molar refractivity (Wildman–Crippen MR) is 97.4 cm³/mol. The lowest BCUT2D eigenvalue weighted by molar-refractivity contribution is 0.0243. The van der Waals surface area contributed by atoms with Gasteiger partial charge in [-0.1, -0.05) is 5.16 Å². The fourth-order valence-electron chi connectivity index (χ4n) is 3.89. The van der Waals surface area contributed by atoms with Crippen LogP contribution in [-0.2, 0) is 9.47 Å². The van der Waals surface area contributed by atoms with Gasteiger partial charge in [0, 0.05) is 32.6 Å². The van der Waals surface area contributed by atoms with Crippen molar-refractivity contribution >= 4 is 0 Å². The molecule has 2 saturated heterocycles. The normalized spacial score (nSPS) is 21.6. The van der Waals surface area contributed by atoms with E-state index in [-0.39, 0.29) is 6.04 Å². The van der Waals surface area contributed by atoms with E-state index in [0.29, 0.717) is 36.9 Å². The van der Waals surface area contributed by atoms with Crippen molar-refractivity contribution in [2.45, 2.75) is 37.8 Å². The molecule has 1 unspecified atom stereocenters. The maximum atomic E-state index is 5.70. The number of nitrogens with zero attached hydrogens (tertiary/aromatic N) is 4. The lowest BCUT2D eigenvalue weighted by Gasteiger charge is -2.33. The zero-order chi connectivity index (χ0) is 18.5. The number of methoxy groups -OCH3 is 1. The van der Waals surface area contributed by atoms with Crippen LogP contribution in [0.4, 0.5) is 0 Å². The SMILES string of the molecule is COCCOc1ncccc1-c1noc(C2CCCN2C2CCOCC2)n1. The first-order valence-corrected chi connectivity index (χ1v) is 9.61. The Kier molecular flexibility index (Phi) is 5.96. The second-order valence-corrected chi connectivity index (χ2v) is 6.89. The molecule has 2 aliphatic heterocycles. The highest BCUT2D eigenvalue weighted by molar-refractivity contribution is 5.60. The van der Waals surface area contributed by atoms with Crippen LogP contribution in [0.3, 0.4) is 0 Å². The smallest absolute Gasteiger partial charge is 0.244 e. The Balaban J connectivity index is 1.51. The fraction of sp³-hybridized carbons (Fsp3) is 0.632. The fourth-order valence-corrected chi connectivity index (χ4v) is 3.89. The average molecular weight is 374 g/mol. The van der Waals surface area contributed by atoms with E-state index in [9.17, 15) is 0 Å². The van der Waals surface area contributed by atoms with Crippen LogP contribution in [0.1, 0.15) is 37.6 Å². The van der Waals surface area contributed by atoms with E-state index in [1.807, 2.05) is 12.1 Å². The van der Waals surface area contributed by atoms with Crippen molar-refractivity contribution in [3.05, 3.63) is 24.2 Å². The molecule has 146 valence electrons. The summed E-state index contributed by atoms with van der Waals surface area (Å²) >= 11 is 0. The number of likely N-dealkylation sites (tertiary alicyclic amines) is 1. The zero-order valence-electron chi connectivity index (χ0n) is 15.7. The Morgan fingerprint density at radius 1 is 1.22 bits per heavy atom.